The topological polar surface area (TPSA) is 80.0 Å². The summed E-state index contributed by atoms with van der Waals surface area (Å²) < 4.78 is 11.6. The van der Waals surface area contributed by atoms with E-state index >= 15 is 0 Å². The van der Waals surface area contributed by atoms with Crippen molar-refractivity contribution in [2.24, 2.45) is 5.92 Å². The van der Waals surface area contributed by atoms with Crippen LogP contribution in [0, 0.1) is 5.92 Å². The predicted octanol–water partition coefficient (Wildman–Crippen LogP) is 3.75. The second-order valence-corrected chi connectivity index (χ2v) is 8.33. The molecule has 0 bridgehead atoms. The smallest absolute Gasteiger partial charge is 0.340 e. The highest BCUT2D eigenvalue weighted by molar-refractivity contribution is 6.17. The number of carbonyl (C=O) groups excluding carboxylic acids is 1. The summed E-state index contributed by atoms with van der Waals surface area (Å²) in [7, 11) is 0. The van der Waals surface area contributed by atoms with Crippen molar-refractivity contribution in [1.29, 1.82) is 0 Å². The van der Waals surface area contributed by atoms with Crippen molar-refractivity contribution in [2.45, 2.75) is 45.2 Å². The van der Waals surface area contributed by atoms with Gasteiger partial charge in [-0.2, -0.15) is 0 Å². The first-order valence-corrected chi connectivity index (χ1v) is 10.1. The summed E-state index contributed by atoms with van der Waals surface area (Å²) in [6, 6.07) is 5.92. The number of ether oxygens (including phenoxy) is 1. The van der Waals surface area contributed by atoms with Gasteiger partial charge in [-0.1, -0.05) is 13.8 Å². The Morgan fingerprint density at radius 2 is 2.14 bits per heavy atom. The maximum atomic E-state index is 12.6. The van der Waals surface area contributed by atoms with E-state index in [2.05, 4.69) is 24.8 Å². The molecule has 150 valence electrons. The molecule has 6 nitrogen and oxygen atoms in total. The molecule has 0 spiro atoms. The van der Waals surface area contributed by atoms with Crippen LogP contribution in [0.5, 0.6) is 5.75 Å². The maximum absolute atomic E-state index is 12.6. The van der Waals surface area contributed by atoms with Crippen molar-refractivity contribution in [2.75, 3.05) is 6.61 Å². The molecule has 2 unspecified atom stereocenters. The number of ketones is 1. The van der Waals surface area contributed by atoms with Gasteiger partial charge in [0.1, 0.15) is 17.1 Å². The molecule has 2 aromatic rings. The van der Waals surface area contributed by atoms with E-state index in [1.165, 1.54) is 5.56 Å². The minimum absolute atomic E-state index is 0.115. The van der Waals surface area contributed by atoms with Crippen molar-refractivity contribution >= 4 is 11.8 Å². The van der Waals surface area contributed by atoms with E-state index in [-0.39, 0.29) is 29.9 Å². The zero-order valence-corrected chi connectivity index (χ0v) is 16.5. The molecule has 29 heavy (non-hydrogen) atoms. The molecular formula is C23H23NO5. The van der Waals surface area contributed by atoms with E-state index < -0.39 is 5.97 Å². The lowest BCUT2D eigenvalue weighted by atomic mass is 9.77. The van der Waals surface area contributed by atoms with Gasteiger partial charge in [0.15, 0.2) is 5.78 Å². The average molecular weight is 393 g/mol. The average Bonchev–Trinajstić information content (AvgIpc) is 3.37. The fourth-order valence-corrected chi connectivity index (χ4v) is 5.03. The number of furan rings is 1. The van der Waals surface area contributed by atoms with Gasteiger partial charge in [-0.25, -0.2) is 4.79 Å². The summed E-state index contributed by atoms with van der Waals surface area (Å²) in [6.07, 6.45) is 5.00. The van der Waals surface area contributed by atoms with Crippen LogP contribution >= 0.6 is 0 Å². The summed E-state index contributed by atoms with van der Waals surface area (Å²) >= 11 is 0. The van der Waals surface area contributed by atoms with Gasteiger partial charge in [-0.3, -0.25) is 4.79 Å². The molecule has 0 radical (unpaired) electrons. The van der Waals surface area contributed by atoms with Crippen LogP contribution in [0.15, 0.2) is 40.7 Å². The number of carbonyl (C=O) groups is 2. The van der Waals surface area contributed by atoms with Crippen LogP contribution in [0.25, 0.3) is 11.3 Å². The van der Waals surface area contributed by atoms with Crippen molar-refractivity contribution in [3.05, 3.63) is 52.9 Å². The Morgan fingerprint density at radius 3 is 2.83 bits per heavy atom. The van der Waals surface area contributed by atoms with Crippen LogP contribution in [0.3, 0.4) is 0 Å². The fourth-order valence-electron chi connectivity index (χ4n) is 5.03. The SMILES string of the molecule is CC(C)C1Cc2cc(-c3ccco3)c3c(c2C2CC(=O)C(C(=O)O)=CN21)CCO3. The molecule has 0 amide bonds. The van der Waals surface area contributed by atoms with E-state index in [9.17, 15) is 14.7 Å². The zero-order chi connectivity index (χ0) is 20.3. The first-order valence-electron chi connectivity index (χ1n) is 10.1. The number of hydrogen-bond acceptors (Lipinski definition) is 5. The Bertz CT molecular complexity index is 1030. The van der Waals surface area contributed by atoms with E-state index in [1.807, 2.05) is 12.1 Å². The zero-order valence-electron chi connectivity index (χ0n) is 16.5. The van der Waals surface area contributed by atoms with Gasteiger partial charge >= 0.3 is 5.97 Å². The van der Waals surface area contributed by atoms with Crippen molar-refractivity contribution < 1.29 is 23.8 Å². The van der Waals surface area contributed by atoms with Crippen LogP contribution in [-0.2, 0) is 22.4 Å². The van der Waals surface area contributed by atoms with Gasteiger partial charge in [0, 0.05) is 30.6 Å². The van der Waals surface area contributed by atoms with Crippen LogP contribution in [0.1, 0.15) is 43.0 Å². The molecule has 3 aliphatic rings. The summed E-state index contributed by atoms with van der Waals surface area (Å²) in [5.74, 6) is 0.464. The molecule has 4 heterocycles. The number of carboxylic acids is 1. The molecule has 3 aliphatic heterocycles. The van der Waals surface area contributed by atoms with Gasteiger partial charge in [0.05, 0.1) is 24.5 Å². The molecule has 0 fully saturated rings. The number of fused-ring (bicyclic) bond motifs is 5. The number of aliphatic carboxylic acids is 1. The van der Waals surface area contributed by atoms with Gasteiger partial charge in [-0.05, 0) is 41.7 Å². The highest BCUT2D eigenvalue weighted by atomic mass is 16.5. The molecule has 1 aromatic carbocycles. The third-order valence-corrected chi connectivity index (χ3v) is 6.36. The predicted molar refractivity (Wildman–Crippen MR) is 106 cm³/mol. The normalized spacial score (nSPS) is 22.7. The summed E-state index contributed by atoms with van der Waals surface area (Å²) in [5.41, 5.74) is 4.32. The number of Topliss-reactive ketones (excluding diaryl/α,β-unsaturated/α-hetero) is 1. The molecule has 0 saturated carbocycles. The summed E-state index contributed by atoms with van der Waals surface area (Å²) in [5, 5.41) is 9.47. The minimum atomic E-state index is -1.15. The lowest BCUT2D eigenvalue weighted by Crippen LogP contribution is -2.47. The largest absolute Gasteiger partial charge is 0.492 e. The Hall–Kier alpha value is -3.02. The quantitative estimate of drug-likeness (QED) is 0.800. The van der Waals surface area contributed by atoms with Gasteiger partial charge in [-0.15, -0.1) is 0 Å². The Morgan fingerprint density at radius 1 is 1.31 bits per heavy atom. The number of carboxylic acid groups (broad SMARTS) is 1. The third kappa shape index (κ3) is 2.69. The van der Waals surface area contributed by atoms with Crippen LogP contribution < -0.4 is 4.74 Å². The molecule has 0 aliphatic carbocycles. The van der Waals surface area contributed by atoms with E-state index in [1.54, 1.807) is 12.5 Å². The van der Waals surface area contributed by atoms with E-state index in [0.717, 1.165) is 41.0 Å². The molecule has 2 atom stereocenters. The highest BCUT2D eigenvalue weighted by Crippen LogP contribution is 2.49. The molecule has 6 heteroatoms. The van der Waals surface area contributed by atoms with Gasteiger partial charge in [0.2, 0.25) is 0 Å². The van der Waals surface area contributed by atoms with Gasteiger partial charge < -0.3 is 19.2 Å². The molecular weight excluding hydrogens is 370 g/mol. The molecule has 1 aromatic heterocycles. The monoisotopic (exact) mass is 393 g/mol. The maximum Gasteiger partial charge on any atom is 0.340 e. The Labute approximate surface area is 168 Å². The number of nitrogens with zero attached hydrogens (tertiary/aromatic N) is 1. The molecule has 0 saturated heterocycles. The van der Waals surface area contributed by atoms with Crippen LogP contribution in [-0.4, -0.2) is 34.4 Å². The number of benzene rings is 1. The van der Waals surface area contributed by atoms with Crippen molar-refractivity contribution in [3.63, 3.8) is 0 Å². The third-order valence-electron chi connectivity index (χ3n) is 6.36. The number of hydrogen-bond donors (Lipinski definition) is 1. The molecule has 1 N–H and O–H groups in total. The van der Waals surface area contributed by atoms with Crippen molar-refractivity contribution in [1.82, 2.24) is 4.90 Å². The summed E-state index contributed by atoms with van der Waals surface area (Å²) in [4.78, 5) is 26.3. The van der Waals surface area contributed by atoms with Gasteiger partial charge in [0.25, 0.3) is 0 Å². The lowest BCUT2D eigenvalue weighted by Gasteiger charge is -2.47. The minimum Gasteiger partial charge on any atom is -0.492 e. The van der Waals surface area contributed by atoms with Crippen molar-refractivity contribution in [3.8, 4) is 17.1 Å². The highest BCUT2D eigenvalue weighted by Gasteiger charge is 2.43. The second kappa shape index (κ2) is 6.51. The number of rotatable bonds is 3. The second-order valence-electron chi connectivity index (χ2n) is 8.33. The first-order chi connectivity index (χ1) is 14.0. The van der Waals surface area contributed by atoms with E-state index in [4.69, 9.17) is 9.15 Å². The lowest BCUT2D eigenvalue weighted by molar-refractivity contribution is -0.135. The van der Waals surface area contributed by atoms with Crippen LogP contribution in [0.4, 0.5) is 0 Å². The van der Waals surface area contributed by atoms with Crippen LogP contribution in [0.2, 0.25) is 0 Å². The molecule has 5 rings (SSSR count). The Balaban J connectivity index is 1.71. The first kappa shape index (κ1) is 18.0. The Kier molecular flexibility index (Phi) is 4.05. The fraction of sp³-hybridized carbons (Fsp3) is 0.391. The standard InChI is InChI=1S/C23H23NO5/c1-12(2)17-9-13-8-15(20-4-3-6-28-20)22-14(5-7-29-22)21(13)18-10-19(25)16(23(26)27)11-24(17)18/h3-4,6,8,11-12,17-18H,5,7,9-10H2,1-2H3,(H,26,27). The van der Waals surface area contributed by atoms with E-state index in [0.29, 0.717) is 12.5 Å². The summed E-state index contributed by atoms with van der Waals surface area (Å²) in [6.45, 7) is 4.88.